The first-order valence-corrected chi connectivity index (χ1v) is 9.34. The highest BCUT2D eigenvalue weighted by Gasteiger charge is 2.48. The van der Waals surface area contributed by atoms with Crippen molar-refractivity contribution >= 4 is 23.5 Å². The topological polar surface area (TPSA) is 78.9 Å². The Kier molecular flexibility index (Phi) is 6.20. The fourth-order valence-corrected chi connectivity index (χ4v) is 3.69. The van der Waals surface area contributed by atoms with Gasteiger partial charge >= 0.3 is 5.97 Å². The van der Waals surface area contributed by atoms with Crippen LogP contribution in [-0.2, 0) is 16.0 Å². The lowest BCUT2D eigenvalue weighted by Crippen LogP contribution is -2.50. The fraction of sp³-hybridized carbons (Fsp3) is 0.474. The van der Waals surface area contributed by atoms with Crippen LogP contribution >= 0.6 is 11.6 Å². The zero-order valence-electron chi connectivity index (χ0n) is 15.0. The van der Waals surface area contributed by atoms with Crippen LogP contribution in [0.5, 0.6) is 5.75 Å². The van der Waals surface area contributed by atoms with Crippen molar-refractivity contribution < 1.29 is 28.2 Å². The maximum Gasteiger partial charge on any atom is 0.326 e. The maximum atomic E-state index is 13.9. The van der Waals surface area contributed by atoms with Gasteiger partial charge in [0.25, 0.3) is 5.92 Å². The molecule has 1 aromatic carbocycles. The third kappa shape index (κ3) is 4.99. The Bertz CT molecular complexity index is 787. The first-order valence-electron chi connectivity index (χ1n) is 8.96. The van der Waals surface area contributed by atoms with Gasteiger partial charge in [-0.3, -0.25) is 9.69 Å². The average Bonchev–Trinajstić information content (AvgIpc) is 2.92. The van der Waals surface area contributed by atoms with Crippen molar-refractivity contribution in [3.63, 3.8) is 0 Å². The van der Waals surface area contributed by atoms with E-state index >= 15 is 0 Å². The molecule has 2 bridgehead atoms. The Hall–Kier alpha value is -2.19. The maximum absolute atomic E-state index is 13.9. The zero-order valence-corrected chi connectivity index (χ0v) is 15.8. The molecule has 2 N–H and O–H groups in total. The second kappa shape index (κ2) is 8.45. The number of nitrogens with zero attached hydrogens (tertiary/aromatic N) is 1. The number of hydrogen-bond donors (Lipinski definition) is 2. The number of carboxylic acid groups (broad SMARTS) is 1. The number of fused-ring (bicyclic) bond motifs is 9. The third-order valence-corrected chi connectivity index (χ3v) is 5.10. The van der Waals surface area contributed by atoms with E-state index in [1.54, 1.807) is 30.4 Å². The number of aliphatic carboxylic acids is 1. The molecule has 3 heterocycles. The van der Waals surface area contributed by atoms with Crippen molar-refractivity contribution in [2.24, 2.45) is 0 Å². The third-order valence-electron chi connectivity index (χ3n) is 4.81. The molecule has 0 aliphatic carbocycles. The number of benzene rings is 1. The first-order chi connectivity index (χ1) is 13.2. The van der Waals surface area contributed by atoms with Crippen LogP contribution in [0.4, 0.5) is 8.78 Å². The summed E-state index contributed by atoms with van der Waals surface area (Å²) in [6, 6.07) is 2.55. The molecule has 0 saturated carbocycles. The highest BCUT2D eigenvalue weighted by atomic mass is 35.5. The molecular formula is C19H21ClF2N2O4. The molecule has 9 heteroatoms. The van der Waals surface area contributed by atoms with E-state index in [0.717, 1.165) is 0 Å². The Balaban J connectivity index is 1.87. The van der Waals surface area contributed by atoms with Gasteiger partial charge in [0.05, 0.1) is 17.6 Å². The van der Waals surface area contributed by atoms with Crippen LogP contribution in [0, 0.1) is 0 Å². The van der Waals surface area contributed by atoms with Crippen LogP contribution in [0.2, 0.25) is 5.02 Å². The monoisotopic (exact) mass is 414 g/mol. The number of halogens is 3. The van der Waals surface area contributed by atoms with Crippen molar-refractivity contribution in [2.45, 2.75) is 37.3 Å². The van der Waals surface area contributed by atoms with E-state index in [1.807, 2.05) is 0 Å². The number of carboxylic acids is 1. The molecule has 0 aromatic heterocycles. The number of carbonyl (C=O) groups excluding carboxylic acids is 1. The highest BCUT2D eigenvalue weighted by Crippen LogP contribution is 2.32. The molecule has 1 unspecified atom stereocenters. The normalized spacial score (nSPS) is 26.9. The van der Waals surface area contributed by atoms with Crippen LogP contribution in [0.3, 0.4) is 0 Å². The van der Waals surface area contributed by atoms with Gasteiger partial charge in [-0.05, 0) is 24.1 Å². The molecule has 2 atom stereocenters. The summed E-state index contributed by atoms with van der Waals surface area (Å²) in [7, 11) is 0. The highest BCUT2D eigenvalue weighted by molar-refractivity contribution is 6.32. The SMILES string of the molecule is O=C(O)C1Cc2ccc(c(Cl)c2)OC/C=C/CCN2CC(F)(F)C[C@H]2C(=O)N1. The van der Waals surface area contributed by atoms with Gasteiger partial charge in [-0.25, -0.2) is 13.6 Å². The minimum absolute atomic E-state index is 0.0237. The molecule has 1 amide bonds. The summed E-state index contributed by atoms with van der Waals surface area (Å²) in [5.74, 6) is -4.48. The molecule has 1 saturated heterocycles. The van der Waals surface area contributed by atoms with Gasteiger partial charge in [0.15, 0.2) is 0 Å². The van der Waals surface area contributed by atoms with Gasteiger partial charge in [-0.2, -0.15) is 0 Å². The molecule has 1 fully saturated rings. The second-order valence-electron chi connectivity index (χ2n) is 6.99. The second-order valence-corrected chi connectivity index (χ2v) is 7.39. The Morgan fingerprint density at radius 1 is 1.36 bits per heavy atom. The van der Waals surface area contributed by atoms with Crippen LogP contribution in [0.15, 0.2) is 30.4 Å². The summed E-state index contributed by atoms with van der Waals surface area (Å²) in [5, 5.41) is 12.2. The Labute approximate surface area is 166 Å². The van der Waals surface area contributed by atoms with Crippen molar-refractivity contribution in [1.82, 2.24) is 10.2 Å². The molecule has 28 heavy (non-hydrogen) atoms. The molecule has 0 spiro atoms. The van der Waals surface area contributed by atoms with Crippen molar-refractivity contribution in [3.8, 4) is 5.75 Å². The molecule has 1 aromatic rings. The molecule has 6 nitrogen and oxygen atoms in total. The smallest absolute Gasteiger partial charge is 0.326 e. The molecule has 0 radical (unpaired) electrons. The largest absolute Gasteiger partial charge is 0.488 e. The standard InChI is InChI=1S/C19H21ClF2N2O4/c20-13-8-12-4-5-16(13)28-7-3-1-2-6-24-11-19(21,22)10-15(24)17(25)23-14(9-12)18(26)27/h1,3-5,8,14-15H,2,6-7,9-11H2,(H,23,25)(H,26,27)/b3-1+/t14?,15-/m0/s1. The van der Waals surface area contributed by atoms with E-state index in [9.17, 15) is 23.5 Å². The van der Waals surface area contributed by atoms with Crippen molar-refractivity contribution in [3.05, 3.63) is 40.9 Å². The molecule has 152 valence electrons. The molecule has 3 aliphatic rings. The summed E-state index contributed by atoms with van der Waals surface area (Å²) in [6.45, 7) is -0.00311. The average molecular weight is 415 g/mol. The predicted molar refractivity (Wildman–Crippen MR) is 98.9 cm³/mol. The number of ether oxygens (including phenoxy) is 1. The molecule has 3 aliphatic heterocycles. The number of carbonyl (C=O) groups is 2. The molecular weight excluding hydrogens is 394 g/mol. The lowest BCUT2D eigenvalue weighted by Gasteiger charge is -2.24. The van der Waals surface area contributed by atoms with Gasteiger partial charge in [0, 0.05) is 19.4 Å². The lowest BCUT2D eigenvalue weighted by molar-refractivity contribution is -0.142. The van der Waals surface area contributed by atoms with Crippen molar-refractivity contribution in [2.75, 3.05) is 19.7 Å². The Morgan fingerprint density at radius 3 is 2.86 bits per heavy atom. The fourth-order valence-electron chi connectivity index (χ4n) is 3.43. The predicted octanol–water partition coefficient (Wildman–Crippen LogP) is 2.50. The van der Waals surface area contributed by atoms with E-state index in [4.69, 9.17) is 16.3 Å². The lowest BCUT2D eigenvalue weighted by atomic mass is 10.0. The van der Waals surface area contributed by atoms with Gasteiger partial charge < -0.3 is 15.2 Å². The zero-order chi connectivity index (χ0) is 20.3. The van der Waals surface area contributed by atoms with E-state index in [2.05, 4.69) is 5.32 Å². The summed E-state index contributed by atoms with van der Waals surface area (Å²) < 4.78 is 33.3. The Morgan fingerprint density at radius 2 is 2.14 bits per heavy atom. The van der Waals surface area contributed by atoms with Crippen LogP contribution in [0.1, 0.15) is 18.4 Å². The van der Waals surface area contributed by atoms with Crippen LogP contribution in [0.25, 0.3) is 0 Å². The number of hydrogen-bond acceptors (Lipinski definition) is 4. The molecule has 4 rings (SSSR count). The van der Waals surface area contributed by atoms with E-state index in [0.29, 0.717) is 22.8 Å². The summed E-state index contributed by atoms with van der Waals surface area (Å²) in [5.41, 5.74) is 0.585. The van der Waals surface area contributed by atoms with Crippen molar-refractivity contribution in [1.29, 1.82) is 0 Å². The van der Waals surface area contributed by atoms with E-state index < -0.39 is 42.8 Å². The van der Waals surface area contributed by atoms with Gasteiger partial charge in [-0.1, -0.05) is 29.8 Å². The van der Waals surface area contributed by atoms with Gasteiger partial charge in [0.2, 0.25) is 5.91 Å². The number of rotatable bonds is 1. The number of alkyl halides is 2. The summed E-state index contributed by atoms with van der Waals surface area (Å²) in [4.78, 5) is 25.6. The van der Waals surface area contributed by atoms with Gasteiger partial charge in [0.1, 0.15) is 18.4 Å². The first kappa shape index (κ1) is 20.5. The number of nitrogens with one attached hydrogen (secondary N) is 1. The quantitative estimate of drug-likeness (QED) is 0.690. The minimum atomic E-state index is -2.99. The van der Waals surface area contributed by atoms with E-state index in [1.165, 1.54) is 4.90 Å². The summed E-state index contributed by atoms with van der Waals surface area (Å²) >= 11 is 6.18. The minimum Gasteiger partial charge on any atom is -0.488 e. The van der Waals surface area contributed by atoms with Crippen LogP contribution in [-0.4, -0.2) is 59.6 Å². The van der Waals surface area contributed by atoms with Gasteiger partial charge in [-0.15, -0.1) is 0 Å². The van der Waals surface area contributed by atoms with Crippen LogP contribution < -0.4 is 10.1 Å². The van der Waals surface area contributed by atoms with E-state index in [-0.39, 0.29) is 19.6 Å². The summed E-state index contributed by atoms with van der Waals surface area (Å²) in [6.07, 6.45) is 3.36. The number of amides is 1.